The number of fused-ring (bicyclic) bond motifs is 24. The maximum atomic E-state index is 12.3. The molecule has 16 nitrogen and oxygen atoms in total. The van der Waals surface area contributed by atoms with Gasteiger partial charge < -0.3 is 54.4 Å². The van der Waals surface area contributed by atoms with Crippen LogP contribution in [0.4, 0.5) is 0 Å². The molecule has 24 rings (SSSR count). The molecule has 16 aliphatic carbocycles. The van der Waals surface area contributed by atoms with Gasteiger partial charge in [0.05, 0.1) is 52.5 Å². The average Bonchev–Trinajstić information content (AvgIpc) is 1.57. The Labute approximate surface area is 828 Å². The van der Waals surface area contributed by atoms with Crippen LogP contribution in [0.3, 0.4) is 0 Å². The van der Waals surface area contributed by atoms with Gasteiger partial charge in [0, 0.05) is 87.5 Å². The molecule has 8 heterocycles. The molecule has 137 heavy (non-hydrogen) atoms. The van der Waals surface area contributed by atoms with Gasteiger partial charge >= 0.3 is 11.9 Å². The summed E-state index contributed by atoms with van der Waals surface area (Å²) in [5, 5.41) is 24.6. The molecular formula is C121H189N5O11. The van der Waals surface area contributed by atoms with Gasteiger partial charge in [-0.2, -0.15) is 0 Å². The summed E-state index contributed by atoms with van der Waals surface area (Å²) in [4.78, 5) is 49.7. The number of carbonyl (C=O) groups is 4. The summed E-state index contributed by atoms with van der Waals surface area (Å²) in [5.74, 6) is 18.3. The first-order valence-electron chi connectivity index (χ1n) is 58.3. The number of rotatable bonds is 6. The van der Waals surface area contributed by atoms with Crippen LogP contribution in [0.2, 0.25) is 0 Å². The molecule has 12 saturated carbocycles. The maximum Gasteiger partial charge on any atom is 0.302 e. The van der Waals surface area contributed by atoms with Crippen molar-refractivity contribution in [1.82, 2.24) is 20.9 Å². The Morgan fingerprint density at radius 1 is 0.401 bits per heavy atom. The quantitative estimate of drug-likeness (QED) is 0.0848. The lowest BCUT2D eigenvalue weighted by Crippen LogP contribution is -2.52. The first-order valence-corrected chi connectivity index (χ1v) is 58.3. The summed E-state index contributed by atoms with van der Waals surface area (Å²) in [6.07, 6.45) is 51.9. The fourth-order valence-corrected chi connectivity index (χ4v) is 40.7. The van der Waals surface area contributed by atoms with E-state index < -0.39 is 0 Å². The average molecular weight is 1890 g/mol. The van der Waals surface area contributed by atoms with E-state index in [1.54, 1.807) is 48.6 Å². The summed E-state index contributed by atoms with van der Waals surface area (Å²) < 4.78 is 39.7. The number of oxime groups is 1. The van der Waals surface area contributed by atoms with E-state index in [-0.39, 0.29) is 46.6 Å². The Kier molecular flexibility index (Phi) is 27.5. The number of likely N-dealkylation sites (tertiary alicyclic amines) is 1. The van der Waals surface area contributed by atoms with E-state index in [9.17, 15) is 24.4 Å². The highest BCUT2D eigenvalue weighted by atomic mass is 16.6. The van der Waals surface area contributed by atoms with Crippen molar-refractivity contribution in [2.24, 2.45) is 169 Å². The van der Waals surface area contributed by atoms with Gasteiger partial charge in [-0.05, 0) is 451 Å². The first kappa shape index (κ1) is 99.4. The van der Waals surface area contributed by atoms with Gasteiger partial charge in [-0.15, -0.1) is 0 Å². The van der Waals surface area contributed by atoms with E-state index in [4.69, 9.17) is 28.4 Å². The van der Waals surface area contributed by atoms with Crippen LogP contribution in [0.5, 0.6) is 0 Å². The minimum Gasteiger partial charge on any atom is -0.463 e. The molecule has 24 aliphatic rings. The zero-order valence-electron chi connectivity index (χ0n) is 89.3. The summed E-state index contributed by atoms with van der Waals surface area (Å²) in [5.41, 5.74) is 16.7. The summed E-state index contributed by atoms with van der Waals surface area (Å²) in [7, 11) is 0. The topological polar surface area (TPSA) is 196 Å². The predicted octanol–water partition coefficient (Wildman–Crippen LogP) is 24.8. The molecule has 20 fully saturated rings. The molecule has 8 aliphatic heterocycles. The molecule has 0 aromatic rings. The Bertz CT molecular complexity index is 4540. The lowest BCUT2D eigenvalue weighted by atomic mass is 9.52. The third kappa shape index (κ3) is 17.4. The number of ether oxygens (including phenoxy) is 6. The highest BCUT2D eigenvalue weighted by Crippen LogP contribution is 2.72. The van der Waals surface area contributed by atoms with Crippen molar-refractivity contribution in [2.45, 2.75) is 484 Å². The number of piperidine rings is 4. The number of esters is 2. The molecule has 0 unspecified atom stereocenters. The van der Waals surface area contributed by atoms with E-state index in [0.29, 0.717) is 130 Å². The summed E-state index contributed by atoms with van der Waals surface area (Å²) in [6, 6.07) is 2.14. The molecule has 0 bridgehead atoms. The number of ketones is 2. The van der Waals surface area contributed by atoms with Gasteiger partial charge in [-0.1, -0.05) is 133 Å². The van der Waals surface area contributed by atoms with Crippen molar-refractivity contribution in [3.8, 4) is 0 Å². The van der Waals surface area contributed by atoms with Crippen LogP contribution in [0.15, 0.2) is 49.7 Å². The van der Waals surface area contributed by atoms with Crippen LogP contribution >= 0.6 is 0 Å². The molecule has 8 saturated heterocycles. The molecule has 0 radical (unpaired) electrons. The highest BCUT2D eigenvalue weighted by Gasteiger charge is 2.67. The van der Waals surface area contributed by atoms with E-state index in [1.165, 1.54) is 173 Å². The normalized spacial score (nSPS) is 51.6. The largest absolute Gasteiger partial charge is 0.463 e. The van der Waals surface area contributed by atoms with Crippen LogP contribution < -0.4 is 16.0 Å². The van der Waals surface area contributed by atoms with Gasteiger partial charge in [0.1, 0.15) is 23.8 Å². The van der Waals surface area contributed by atoms with Crippen LogP contribution in [0, 0.1) is 164 Å². The number of hydrogen-bond donors (Lipinski definition) is 4. The molecule has 16 heteroatoms. The number of nitrogens with zero attached hydrogens (tertiary/aromatic N) is 2. The van der Waals surface area contributed by atoms with Gasteiger partial charge in [0.2, 0.25) is 0 Å². The minimum absolute atomic E-state index is 0.0203. The lowest BCUT2D eigenvalue weighted by Gasteiger charge is -2.54. The number of nitrogens with one attached hydrogen (secondary N) is 3. The lowest BCUT2D eigenvalue weighted by molar-refractivity contribution is -0.155. The van der Waals surface area contributed by atoms with Crippen molar-refractivity contribution >= 4 is 29.2 Å². The van der Waals surface area contributed by atoms with E-state index in [0.717, 1.165) is 229 Å². The second-order valence-corrected chi connectivity index (χ2v) is 55.1. The monoisotopic (exact) mass is 1890 g/mol. The zero-order chi connectivity index (χ0) is 96.0. The zero-order valence-corrected chi connectivity index (χ0v) is 89.3. The molecule has 0 aromatic carbocycles. The van der Waals surface area contributed by atoms with Crippen molar-refractivity contribution in [2.75, 3.05) is 32.7 Å². The third-order valence-electron chi connectivity index (χ3n) is 48.1. The summed E-state index contributed by atoms with van der Waals surface area (Å²) >= 11 is 0. The Balaban J connectivity index is 0.000000109. The van der Waals surface area contributed by atoms with Gasteiger partial charge in [-0.25, -0.2) is 0 Å². The Hall–Kier alpha value is -3.61. The number of allylic oxidation sites excluding steroid dienone is 4. The molecular weight excluding hydrogens is 1700 g/mol. The molecule has 42 atom stereocenters. The number of hydrogen-bond acceptors (Lipinski definition) is 16. The SMILES string of the molecule is CC(=O)CCCN1C[C@@H](C)C[C@H]2O[C@]3(CC[C@@H]4C(=C(C)C3)C[C@H]3[C@H]4CC[C@@H]4CC(=O)CC[C@@]43C)[C@H](C)[C@@H]21.CC(=O)O[C@@H]1CC[C@@]2(C)[C@H](CC[C@H]3[C@@H]4CC[C@@]5(CC(C)=C4C[C@@H]32)O[C@@H]2C[C@H](C)CN[C@H]2[C@H]5C)C1.CC(=O)O[C@H]1CC[C@@]2(C)[C@H](CC[C@H]3[C@@H]4CC[C@@]5(CC(C)=C4C[C@@H]32)O[C@@H]2C[C@H](C)CN[C@H]2[C@H]5C)C1.CC1=C2C[C@H]3[C@@H](CC[C@@H]4CC(=NO)CC[C@@]43C)[C@@H]2CC[C@@]2(C1)O[C@@H]1C[C@H](C)CN[C@H]1[C@H]2C. The van der Waals surface area contributed by atoms with E-state index in [1.807, 2.05) is 16.7 Å². The van der Waals surface area contributed by atoms with Crippen LogP contribution in [-0.2, 0) is 47.6 Å². The van der Waals surface area contributed by atoms with E-state index in [2.05, 4.69) is 137 Å². The van der Waals surface area contributed by atoms with Crippen LogP contribution in [0.25, 0.3) is 0 Å². The smallest absolute Gasteiger partial charge is 0.302 e. The predicted molar refractivity (Wildman–Crippen MR) is 543 cm³/mol. The number of Topliss-reactive ketones (excluding diaryl/α,β-unsaturated/α-hetero) is 2. The fourth-order valence-electron chi connectivity index (χ4n) is 40.7. The number of carbonyl (C=O) groups excluding carboxylic acids is 4. The second kappa shape index (κ2) is 38.0. The molecule has 4 spiro atoms. The van der Waals surface area contributed by atoms with Crippen LogP contribution in [0.1, 0.15) is 401 Å². The minimum atomic E-state index is -0.104. The Morgan fingerprint density at radius 2 is 0.745 bits per heavy atom. The highest BCUT2D eigenvalue weighted by molar-refractivity contribution is 5.85. The van der Waals surface area contributed by atoms with E-state index >= 15 is 0 Å². The van der Waals surface area contributed by atoms with Crippen molar-refractivity contribution in [3.63, 3.8) is 0 Å². The summed E-state index contributed by atoms with van der Waals surface area (Å²) in [6.45, 7) is 50.0. The second-order valence-electron chi connectivity index (χ2n) is 55.1. The van der Waals surface area contributed by atoms with Crippen molar-refractivity contribution in [3.05, 3.63) is 44.6 Å². The fraction of sp³-hybridized carbons (Fsp3) is 0.893. The first-order chi connectivity index (χ1) is 65.4. The molecule has 0 amide bonds. The van der Waals surface area contributed by atoms with Crippen molar-refractivity contribution < 1.29 is 52.8 Å². The molecule has 0 aromatic heterocycles. The van der Waals surface area contributed by atoms with Gasteiger partial charge in [0.25, 0.3) is 0 Å². The Morgan fingerprint density at radius 3 is 1.12 bits per heavy atom. The molecule has 764 valence electrons. The third-order valence-corrected chi connectivity index (χ3v) is 48.1. The van der Waals surface area contributed by atoms with Gasteiger partial charge in [0.15, 0.2) is 0 Å². The standard InChI is InChI=1S/C33H51NO3.2C30H47NO3.C28H44N2O2/c1-20-15-30-31(34(19-20)14-6-7-22(3)35)23(4)33(37-30)13-11-26-27-9-8-24-16-25(36)10-12-32(24,5)29(27)17-28(26)21(2)18-33;2*1-17-12-27-28(31-16-17)19(3)30(34-27)11-9-23-24-7-6-21-13-22(33-20(4)32)8-10-29(21,5)26(24)14-25(23)18(2)15-30;1-16-11-25-26(29-15-16)18(3)28(32-25)10-8-21-22-6-5-19-12-20(30-31)7-9-27(19,4)24(22)13-23(21)17(2)14-28/h20,23-24,26-27,29-31H,6-19H2,1-5H3;2*17,19,21-24,26-28,31H,6-16H2,1-5H3;16,18-19,21-22,24-26,29,31H,5-15H2,1-4H3/t20-,23+,24+,26-,27-,29-,30+,31-,32-,33-;17-,19+,21+,22+,23-,24-,26-,27+,28-,29-,30-;17-,19+,21+,22-,23-,24-,26-,27+,28-,29-,30-;16-,18+,19+,21-,22-,24-,25+,26-,27-,28-/m0000/s1. The van der Waals surface area contributed by atoms with Crippen LogP contribution in [-0.4, -0.2) is 155 Å². The maximum absolute atomic E-state index is 12.3. The molecule has 4 N–H and O–H groups in total. The van der Waals surface area contributed by atoms with Gasteiger partial charge in [-0.3, -0.25) is 19.3 Å². The van der Waals surface area contributed by atoms with Crippen molar-refractivity contribution in [1.29, 1.82) is 0 Å².